The van der Waals surface area contributed by atoms with E-state index in [0.29, 0.717) is 17.3 Å². The van der Waals surface area contributed by atoms with Crippen LogP contribution in [0.25, 0.3) is 11.5 Å². The second-order valence-corrected chi connectivity index (χ2v) is 6.45. The molecule has 0 bridgehead atoms. The summed E-state index contributed by atoms with van der Waals surface area (Å²) in [6.07, 6.45) is 5.14. The van der Waals surface area contributed by atoms with Crippen molar-refractivity contribution in [2.45, 2.75) is 31.8 Å². The first-order valence-corrected chi connectivity index (χ1v) is 8.81. The fraction of sp³-hybridized carbons (Fsp3) is 0.300. The minimum Gasteiger partial charge on any atom is -0.334 e. The second kappa shape index (κ2) is 7.46. The van der Waals surface area contributed by atoms with E-state index in [4.69, 9.17) is 9.78 Å². The lowest BCUT2D eigenvalue weighted by Crippen LogP contribution is -2.33. The molecule has 6 nitrogen and oxygen atoms in total. The standard InChI is InChI=1S/C20H19N5O/c21-13-15-6-5-7-16(12-15)20-23-19(24-26-20)18-9-2-4-11-25(18)14-17-8-1-3-10-22-17/h1,3,5-8,10,12,18H,2,4,9,11,14H2/t18-/m0/s1. The van der Waals surface area contributed by atoms with Crippen molar-refractivity contribution in [2.75, 3.05) is 6.54 Å². The van der Waals surface area contributed by atoms with Gasteiger partial charge in [-0.05, 0) is 49.7 Å². The maximum atomic E-state index is 9.06. The normalized spacial score (nSPS) is 17.7. The van der Waals surface area contributed by atoms with E-state index in [0.717, 1.165) is 43.6 Å². The van der Waals surface area contributed by atoms with Gasteiger partial charge in [0.1, 0.15) is 0 Å². The highest BCUT2D eigenvalue weighted by Gasteiger charge is 2.28. The lowest BCUT2D eigenvalue weighted by molar-refractivity contribution is 0.129. The Balaban J connectivity index is 1.57. The Bertz CT molecular complexity index is 915. The van der Waals surface area contributed by atoms with E-state index in [1.54, 1.807) is 12.1 Å². The van der Waals surface area contributed by atoms with Crippen molar-refractivity contribution in [3.8, 4) is 17.5 Å². The Labute approximate surface area is 152 Å². The zero-order chi connectivity index (χ0) is 17.8. The third-order valence-corrected chi connectivity index (χ3v) is 4.68. The molecule has 3 heterocycles. The number of hydrogen-bond donors (Lipinski definition) is 0. The van der Waals surface area contributed by atoms with E-state index in [1.807, 2.05) is 36.5 Å². The summed E-state index contributed by atoms with van der Waals surface area (Å²) in [4.78, 5) is 11.4. The van der Waals surface area contributed by atoms with Crippen LogP contribution in [0.1, 0.15) is 42.4 Å². The van der Waals surface area contributed by atoms with Crippen LogP contribution in [-0.2, 0) is 6.54 Å². The summed E-state index contributed by atoms with van der Waals surface area (Å²) in [6.45, 7) is 1.77. The molecule has 1 aliphatic rings. The molecule has 0 saturated carbocycles. The van der Waals surface area contributed by atoms with Gasteiger partial charge >= 0.3 is 0 Å². The molecule has 0 amide bonds. The largest absolute Gasteiger partial charge is 0.334 e. The van der Waals surface area contributed by atoms with Gasteiger partial charge in [-0.25, -0.2) is 0 Å². The van der Waals surface area contributed by atoms with Crippen LogP contribution in [-0.4, -0.2) is 26.6 Å². The zero-order valence-corrected chi connectivity index (χ0v) is 14.4. The average Bonchev–Trinajstić information content (AvgIpc) is 3.19. The number of likely N-dealkylation sites (tertiary alicyclic amines) is 1. The van der Waals surface area contributed by atoms with Gasteiger partial charge in [0.25, 0.3) is 5.89 Å². The minimum absolute atomic E-state index is 0.127. The molecule has 1 aromatic carbocycles. The molecule has 2 aromatic heterocycles. The second-order valence-electron chi connectivity index (χ2n) is 6.45. The van der Waals surface area contributed by atoms with Crippen LogP contribution in [0.15, 0.2) is 53.2 Å². The van der Waals surface area contributed by atoms with E-state index >= 15 is 0 Å². The van der Waals surface area contributed by atoms with Gasteiger partial charge in [-0.15, -0.1) is 0 Å². The number of benzene rings is 1. The molecule has 0 spiro atoms. The van der Waals surface area contributed by atoms with Gasteiger partial charge in [-0.3, -0.25) is 9.88 Å². The molecule has 1 saturated heterocycles. The zero-order valence-electron chi connectivity index (χ0n) is 14.4. The summed E-state index contributed by atoms with van der Waals surface area (Å²) in [6, 6.07) is 15.5. The van der Waals surface area contributed by atoms with E-state index in [9.17, 15) is 0 Å². The number of nitrogens with zero attached hydrogens (tertiary/aromatic N) is 5. The third-order valence-electron chi connectivity index (χ3n) is 4.68. The Morgan fingerprint density at radius 1 is 1.19 bits per heavy atom. The summed E-state index contributed by atoms with van der Waals surface area (Å²) >= 11 is 0. The summed E-state index contributed by atoms with van der Waals surface area (Å²) in [7, 11) is 0. The molecule has 1 fully saturated rings. The van der Waals surface area contributed by atoms with E-state index in [2.05, 4.69) is 26.1 Å². The lowest BCUT2D eigenvalue weighted by atomic mass is 10.0. The van der Waals surface area contributed by atoms with Gasteiger partial charge in [-0.1, -0.05) is 23.7 Å². The molecular formula is C20H19N5O. The Kier molecular flexibility index (Phi) is 4.71. The van der Waals surface area contributed by atoms with Gasteiger partial charge in [0.15, 0.2) is 5.82 Å². The van der Waals surface area contributed by atoms with Gasteiger partial charge in [-0.2, -0.15) is 10.2 Å². The monoisotopic (exact) mass is 345 g/mol. The molecule has 4 rings (SSSR count). The van der Waals surface area contributed by atoms with Crippen molar-refractivity contribution in [3.05, 3.63) is 65.7 Å². The number of aromatic nitrogens is 3. The minimum atomic E-state index is 0.127. The molecule has 1 atom stereocenters. The van der Waals surface area contributed by atoms with Gasteiger partial charge in [0.2, 0.25) is 0 Å². The molecule has 0 unspecified atom stereocenters. The maximum Gasteiger partial charge on any atom is 0.258 e. The smallest absolute Gasteiger partial charge is 0.258 e. The van der Waals surface area contributed by atoms with Crippen LogP contribution >= 0.6 is 0 Å². The van der Waals surface area contributed by atoms with Crippen molar-refractivity contribution in [1.82, 2.24) is 20.0 Å². The fourth-order valence-electron chi connectivity index (χ4n) is 3.38. The quantitative estimate of drug-likeness (QED) is 0.717. The van der Waals surface area contributed by atoms with Crippen molar-refractivity contribution in [2.24, 2.45) is 0 Å². The number of piperidine rings is 1. The van der Waals surface area contributed by atoms with Gasteiger partial charge in [0, 0.05) is 18.3 Å². The van der Waals surface area contributed by atoms with Crippen molar-refractivity contribution >= 4 is 0 Å². The predicted octanol–water partition coefficient (Wildman–Crippen LogP) is 3.73. The molecule has 26 heavy (non-hydrogen) atoms. The fourth-order valence-corrected chi connectivity index (χ4v) is 3.38. The SMILES string of the molecule is N#Cc1cccc(-c2nc([C@@H]3CCCCN3Cc3ccccn3)no2)c1. The number of pyridine rings is 1. The summed E-state index contributed by atoms with van der Waals surface area (Å²) in [5.41, 5.74) is 2.40. The van der Waals surface area contributed by atoms with Crippen LogP contribution < -0.4 is 0 Å². The molecule has 6 heteroatoms. The molecule has 0 radical (unpaired) electrons. The highest BCUT2D eigenvalue weighted by molar-refractivity contribution is 5.56. The van der Waals surface area contributed by atoms with Crippen LogP contribution in [0.2, 0.25) is 0 Å². The highest BCUT2D eigenvalue weighted by atomic mass is 16.5. The van der Waals surface area contributed by atoms with Crippen molar-refractivity contribution in [1.29, 1.82) is 5.26 Å². The van der Waals surface area contributed by atoms with E-state index < -0.39 is 0 Å². The van der Waals surface area contributed by atoms with Gasteiger partial charge < -0.3 is 4.52 Å². The summed E-state index contributed by atoms with van der Waals surface area (Å²) in [5, 5.41) is 13.3. The van der Waals surface area contributed by atoms with Crippen LogP contribution in [0.3, 0.4) is 0 Å². The molecule has 0 N–H and O–H groups in total. The third kappa shape index (κ3) is 3.48. The number of rotatable bonds is 4. The molecule has 3 aromatic rings. The van der Waals surface area contributed by atoms with Crippen molar-refractivity contribution in [3.63, 3.8) is 0 Å². The first kappa shape index (κ1) is 16.4. The number of nitriles is 1. The molecule has 1 aliphatic heterocycles. The molecular weight excluding hydrogens is 326 g/mol. The maximum absolute atomic E-state index is 9.06. The topological polar surface area (TPSA) is 78.8 Å². The summed E-state index contributed by atoms with van der Waals surface area (Å²) in [5.74, 6) is 1.17. The van der Waals surface area contributed by atoms with E-state index in [1.165, 1.54) is 0 Å². The Morgan fingerprint density at radius 3 is 3.00 bits per heavy atom. The molecule has 0 aliphatic carbocycles. The Morgan fingerprint density at radius 2 is 2.15 bits per heavy atom. The Hall–Kier alpha value is -3.04. The van der Waals surface area contributed by atoms with Crippen LogP contribution in [0.5, 0.6) is 0 Å². The average molecular weight is 345 g/mol. The molecule has 130 valence electrons. The van der Waals surface area contributed by atoms with Crippen LogP contribution in [0, 0.1) is 11.3 Å². The highest BCUT2D eigenvalue weighted by Crippen LogP contribution is 2.31. The number of hydrogen-bond acceptors (Lipinski definition) is 6. The summed E-state index contributed by atoms with van der Waals surface area (Å²) < 4.78 is 5.49. The first-order chi connectivity index (χ1) is 12.8. The van der Waals surface area contributed by atoms with Gasteiger partial charge in [0.05, 0.1) is 23.4 Å². The predicted molar refractivity (Wildman–Crippen MR) is 95.7 cm³/mol. The lowest BCUT2D eigenvalue weighted by Gasteiger charge is -2.33. The van der Waals surface area contributed by atoms with E-state index in [-0.39, 0.29) is 6.04 Å². The van der Waals surface area contributed by atoms with Crippen LogP contribution in [0.4, 0.5) is 0 Å². The van der Waals surface area contributed by atoms with Crippen molar-refractivity contribution < 1.29 is 4.52 Å². The first-order valence-electron chi connectivity index (χ1n) is 8.81.